The zero-order valence-corrected chi connectivity index (χ0v) is 11.7. The van der Waals surface area contributed by atoms with Crippen molar-refractivity contribution in [3.8, 4) is 0 Å². The van der Waals surface area contributed by atoms with Gasteiger partial charge in [-0.25, -0.2) is 9.97 Å². The number of nitrogens with zero attached hydrogens (tertiary/aromatic N) is 3. The predicted molar refractivity (Wildman–Crippen MR) is 85.6 cm³/mol. The monoisotopic (exact) mass is 291 g/mol. The molecule has 0 saturated carbocycles. The number of nitrogen functional groups attached to an aromatic ring is 1. The quantitative estimate of drug-likeness (QED) is 0.590. The molecule has 4 aromatic rings. The Labute approximate surface area is 125 Å². The number of benzene rings is 2. The zero-order chi connectivity index (χ0) is 15.1. The van der Waals surface area contributed by atoms with Crippen molar-refractivity contribution < 1.29 is 0 Å². The normalized spacial score (nSPS) is 11.3. The minimum absolute atomic E-state index is 0.117. The molecule has 0 amide bonds. The fourth-order valence-electron chi connectivity index (χ4n) is 2.62. The summed E-state index contributed by atoms with van der Waals surface area (Å²) in [6.45, 7) is 0.710. The second kappa shape index (κ2) is 4.70. The SMILES string of the molecule is Nc1nc2cc3c(cc2c(=O)[nH]1)ncn3Cc1ccccc1. The first-order chi connectivity index (χ1) is 10.7. The molecule has 6 heteroatoms. The maximum Gasteiger partial charge on any atom is 0.260 e. The molecule has 0 saturated heterocycles. The number of hydrogen-bond acceptors (Lipinski definition) is 4. The average molecular weight is 291 g/mol. The molecule has 2 heterocycles. The van der Waals surface area contributed by atoms with Crippen molar-refractivity contribution in [3.05, 3.63) is 64.7 Å². The summed E-state index contributed by atoms with van der Waals surface area (Å²) in [7, 11) is 0. The van der Waals surface area contributed by atoms with E-state index in [9.17, 15) is 4.79 Å². The summed E-state index contributed by atoms with van der Waals surface area (Å²) in [5.74, 6) is 0.117. The first-order valence-electron chi connectivity index (χ1n) is 6.89. The lowest BCUT2D eigenvalue weighted by Crippen LogP contribution is -2.11. The topological polar surface area (TPSA) is 89.6 Å². The van der Waals surface area contributed by atoms with Crippen LogP contribution in [0.2, 0.25) is 0 Å². The van der Waals surface area contributed by atoms with E-state index < -0.39 is 0 Å². The van der Waals surface area contributed by atoms with Crippen molar-refractivity contribution >= 4 is 27.9 Å². The Morgan fingerprint density at radius 1 is 1.14 bits per heavy atom. The molecule has 0 radical (unpaired) electrons. The van der Waals surface area contributed by atoms with Crippen LogP contribution in [0, 0.1) is 0 Å². The first-order valence-corrected chi connectivity index (χ1v) is 6.89. The van der Waals surface area contributed by atoms with Crippen LogP contribution in [0.5, 0.6) is 0 Å². The highest BCUT2D eigenvalue weighted by Gasteiger charge is 2.09. The first kappa shape index (κ1) is 12.6. The Kier molecular flexibility index (Phi) is 2.69. The predicted octanol–water partition coefficient (Wildman–Crippen LogP) is 1.90. The highest BCUT2D eigenvalue weighted by Crippen LogP contribution is 2.20. The molecule has 2 aromatic carbocycles. The molecular weight excluding hydrogens is 278 g/mol. The second-order valence-electron chi connectivity index (χ2n) is 5.17. The number of aromatic nitrogens is 4. The molecule has 0 unspecified atom stereocenters. The summed E-state index contributed by atoms with van der Waals surface area (Å²) in [6, 6.07) is 13.7. The Hall–Kier alpha value is -3.15. The number of nitrogens with one attached hydrogen (secondary N) is 1. The second-order valence-corrected chi connectivity index (χ2v) is 5.17. The third kappa shape index (κ3) is 2.01. The zero-order valence-electron chi connectivity index (χ0n) is 11.7. The lowest BCUT2D eigenvalue weighted by Gasteiger charge is -2.05. The molecule has 3 N–H and O–H groups in total. The highest BCUT2D eigenvalue weighted by atomic mass is 16.1. The maximum atomic E-state index is 11.9. The smallest absolute Gasteiger partial charge is 0.260 e. The Morgan fingerprint density at radius 2 is 1.95 bits per heavy atom. The van der Waals surface area contributed by atoms with Crippen LogP contribution in [0.15, 0.2) is 53.6 Å². The van der Waals surface area contributed by atoms with Crippen LogP contribution in [0.25, 0.3) is 21.9 Å². The number of hydrogen-bond donors (Lipinski definition) is 2. The fourth-order valence-corrected chi connectivity index (χ4v) is 2.62. The fraction of sp³-hybridized carbons (Fsp3) is 0.0625. The van der Waals surface area contributed by atoms with Gasteiger partial charge in [-0.2, -0.15) is 0 Å². The van der Waals surface area contributed by atoms with Crippen molar-refractivity contribution in [1.29, 1.82) is 0 Å². The van der Waals surface area contributed by atoms with Gasteiger partial charge in [0.2, 0.25) is 5.95 Å². The highest BCUT2D eigenvalue weighted by molar-refractivity contribution is 5.93. The van der Waals surface area contributed by atoms with E-state index in [0.717, 1.165) is 11.0 Å². The van der Waals surface area contributed by atoms with Gasteiger partial charge in [-0.05, 0) is 17.7 Å². The van der Waals surface area contributed by atoms with E-state index in [4.69, 9.17) is 5.73 Å². The number of rotatable bonds is 2. The van der Waals surface area contributed by atoms with Crippen molar-refractivity contribution in [2.75, 3.05) is 5.73 Å². The van der Waals surface area contributed by atoms with Gasteiger partial charge in [0.15, 0.2) is 0 Å². The van der Waals surface area contributed by atoms with Gasteiger partial charge in [0.25, 0.3) is 5.56 Å². The standard InChI is InChI=1S/C16H13N5O/c17-16-19-12-7-14-13(6-11(12)15(22)20-16)18-9-21(14)8-10-4-2-1-3-5-10/h1-7,9H,8H2,(H3,17,19,20,22). The molecule has 2 aromatic heterocycles. The van der Waals surface area contributed by atoms with Crippen LogP contribution in [0.3, 0.4) is 0 Å². The van der Waals surface area contributed by atoms with Gasteiger partial charge < -0.3 is 10.3 Å². The maximum absolute atomic E-state index is 11.9. The van der Waals surface area contributed by atoms with E-state index in [0.29, 0.717) is 17.4 Å². The van der Waals surface area contributed by atoms with Crippen LogP contribution in [0.4, 0.5) is 5.95 Å². The van der Waals surface area contributed by atoms with Gasteiger partial charge >= 0.3 is 0 Å². The van der Waals surface area contributed by atoms with E-state index in [1.54, 1.807) is 12.4 Å². The van der Waals surface area contributed by atoms with Gasteiger partial charge in [-0.1, -0.05) is 30.3 Å². The molecule has 22 heavy (non-hydrogen) atoms. The average Bonchev–Trinajstić information content (AvgIpc) is 2.89. The summed E-state index contributed by atoms with van der Waals surface area (Å²) >= 11 is 0. The molecule has 0 spiro atoms. The van der Waals surface area contributed by atoms with Crippen molar-refractivity contribution in [2.45, 2.75) is 6.54 Å². The third-order valence-electron chi connectivity index (χ3n) is 3.66. The van der Waals surface area contributed by atoms with E-state index in [1.807, 2.05) is 28.8 Å². The molecule has 108 valence electrons. The van der Waals surface area contributed by atoms with Crippen LogP contribution >= 0.6 is 0 Å². The van der Waals surface area contributed by atoms with Gasteiger partial charge in [-0.15, -0.1) is 0 Å². The molecule has 0 aliphatic heterocycles. The lowest BCUT2D eigenvalue weighted by atomic mass is 10.2. The van der Waals surface area contributed by atoms with E-state index in [2.05, 4.69) is 27.1 Å². The minimum atomic E-state index is -0.248. The minimum Gasteiger partial charge on any atom is -0.369 e. The Balaban J connectivity index is 1.91. The molecule has 6 nitrogen and oxygen atoms in total. The summed E-state index contributed by atoms with van der Waals surface area (Å²) in [6.07, 6.45) is 1.77. The molecule has 0 atom stereocenters. The van der Waals surface area contributed by atoms with Crippen LogP contribution in [0.1, 0.15) is 5.56 Å². The third-order valence-corrected chi connectivity index (χ3v) is 3.66. The number of nitrogens with two attached hydrogens (primary N) is 1. The van der Waals surface area contributed by atoms with E-state index in [1.165, 1.54) is 5.56 Å². The van der Waals surface area contributed by atoms with Gasteiger partial charge in [0.05, 0.1) is 28.3 Å². The van der Waals surface area contributed by atoms with Crippen LogP contribution in [-0.4, -0.2) is 19.5 Å². The van der Waals surface area contributed by atoms with Crippen molar-refractivity contribution in [1.82, 2.24) is 19.5 Å². The molecule has 0 bridgehead atoms. The Bertz CT molecular complexity index is 1030. The number of aromatic amines is 1. The van der Waals surface area contributed by atoms with Gasteiger partial charge in [-0.3, -0.25) is 9.78 Å². The summed E-state index contributed by atoms with van der Waals surface area (Å²) in [5, 5.41) is 0.492. The van der Waals surface area contributed by atoms with Gasteiger partial charge in [0, 0.05) is 6.54 Å². The summed E-state index contributed by atoms with van der Waals surface area (Å²) in [5.41, 5.74) is 8.81. The number of imidazole rings is 1. The Morgan fingerprint density at radius 3 is 2.77 bits per heavy atom. The molecule has 0 aliphatic carbocycles. The molecule has 0 fully saturated rings. The van der Waals surface area contributed by atoms with E-state index in [-0.39, 0.29) is 11.5 Å². The van der Waals surface area contributed by atoms with Crippen LogP contribution in [-0.2, 0) is 6.54 Å². The summed E-state index contributed by atoms with van der Waals surface area (Å²) in [4.78, 5) is 23.0. The van der Waals surface area contributed by atoms with Crippen LogP contribution < -0.4 is 11.3 Å². The molecule has 0 aliphatic rings. The number of anilines is 1. The number of H-pyrrole nitrogens is 1. The lowest BCUT2D eigenvalue weighted by molar-refractivity contribution is 0.825. The van der Waals surface area contributed by atoms with Crippen molar-refractivity contribution in [2.24, 2.45) is 0 Å². The van der Waals surface area contributed by atoms with Crippen molar-refractivity contribution in [3.63, 3.8) is 0 Å². The number of fused-ring (bicyclic) bond motifs is 2. The largest absolute Gasteiger partial charge is 0.369 e. The molecular formula is C16H13N5O. The molecule has 4 rings (SSSR count). The van der Waals surface area contributed by atoms with E-state index >= 15 is 0 Å². The van der Waals surface area contributed by atoms with Gasteiger partial charge in [0.1, 0.15) is 0 Å². The summed E-state index contributed by atoms with van der Waals surface area (Å²) < 4.78 is 2.03.